The van der Waals surface area contributed by atoms with Crippen LogP contribution < -0.4 is 5.73 Å². The van der Waals surface area contributed by atoms with E-state index in [0.29, 0.717) is 0 Å². The van der Waals surface area contributed by atoms with Gasteiger partial charge >= 0.3 is 0 Å². The van der Waals surface area contributed by atoms with E-state index in [4.69, 9.17) is 5.73 Å². The van der Waals surface area contributed by atoms with E-state index in [1.165, 1.54) is 0 Å². The van der Waals surface area contributed by atoms with Gasteiger partial charge in [0.05, 0.1) is 18.7 Å². The van der Waals surface area contributed by atoms with Gasteiger partial charge < -0.3 is 15.7 Å². The molecule has 0 bridgehead atoms. The molecule has 100 valence electrons. The maximum atomic E-state index is 12.4. The Balaban J connectivity index is 2.77. The van der Waals surface area contributed by atoms with Crippen LogP contribution in [0.25, 0.3) is 0 Å². The van der Waals surface area contributed by atoms with Crippen molar-refractivity contribution in [1.29, 1.82) is 0 Å². The van der Waals surface area contributed by atoms with Gasteiger partial charge in [-0.15, -0.1) is 0 Å². The topological polar surface area (TPSA) is 66.6 Å². The molecule has 0 saturated carbocycles. The van der Waals surface area contributed by atoms with E-state index >= 15 is 0 Å². The molecule has 1 heterocycles. The fraction of sp³-hybridized carbons (Fsp3) is 0.923. The highest BCUT2D eigenvalue weighted by Gasteiger charge is 2.34. The van der Waals surface area contributed by atoms with Gasteiger partial charge in [-0.05, 0) is 18.3 Å². The molecule has 0 aromatic rings. The van der Waals surface area contributed by atoms with E-state index in [2.05, 4.69) is 0 Å². The second-order valence-electron chi connectivity index (χ2n) is 6.06. The van der Waals surface area contributed by atoms with Gasteiger partial charge in [0.25, 0.3) is 0 Å². The number of carbonyl (C=O) groups excluding carboxylic acids is 1. The zero-order chi connectivity index (χ0) is 13.1. The Morgan fingerprint density at radius 1 is 1.41 bits per heavy atom. The lowest BCUT2D eigenvalue weighted by atomic mass is 9.86. The van der Waals surface area contributed by atoms with Crippen LogP contribution in [-0.2, 0) is 4.79 Å². The number of hydrogen-bond acceptors (Lipinski definition) is 3. The summed E-state index contributed by atoms with van der Waals surface area (Å²) in [6.45, 7) is 6.69. The standard InChI is InChI=1S/C13H26N2O2/c1-13(2,3)11(14)12(17)15-8-6-4-5-7-10(15)9-16/h10-11,16H,4-9,14H2,1-3H3. The van der Waals surface area contributed by atoms with Crippen molar-refractivity contribution in [3.8, 4) is 0 Å². The van der Waals surface area contributed by atoms with E-state index in [1.54, 1.807) is 4.90 Å². The van der Waals surface area contributed by atoms with Crippen molar-refractivity contribution in [1.82, 2.24) is 4.90 Å². The summed E-state index contributed by atoms with van der Waals surface area (Å²) in [7, 11) is 0. The summed E-state index contributed by atoms with van der Waals surface area (Å²) in [5.41, 5.74) is 5.79. The number of amides is 1. The largest absolute Gasteiger partial charge is 0.394 e. The molecule has 4 heteroatoms. The third-order valence-electron chi connectivity index (χ3n) is 3.57. The van der Waals surface area contributed by atoms with Crippen LogP contribution in [0, 0.1) is 5.41 Å². The zero-order valence-corrected chi connectivity index (χ0v) is 11.3. The second kappa shape index (κ2) is 5.83. The number of nitrogens with zero attached hydrogens (tertiary/aromatic N) is 1. The van der Waals surface area contributed by atoms with E-state index in [-0.39, 0.29) is 24.0 Å². The van der Waals surface area contributed by atoms with Gasteiger partial charge in [-0.3, -0.25) is 4.79 Å². The van der Waals surface area contributed by atoms with E-state index in [0.717, 1.165) is 32.2 Å². The molecule has 1 aliphatic heterocycles. The molecule has 4 nitrogen and oxygen atoms in total. The normalized spacial score (nSPS) is 24.3. The van der Waals surface area contributed by atoms with Crippen molar-refractivity contribution >= 4 is 5.91 Å². The van der Waals surface area contributed by atoms with Crippen molar-refractivity contribution in [3.63, 3.8) is 0 Å². The highest BCUT2D eigenvalue weighted by Crippen LogP contribution is 2.23. The minimum absolute atomic E-state index is 0.0153. The van der Waals surface area contributed by atoms with Gasteiger partial charge in [0.15, 0.2) is 0 Å². The molecule has 17 heavy (non-hydrogen) atoms. The fourth-order valence-electron chi connectivity index (χ4n) is 2.21. The number of carbonyl (C=O) groups is 1. The van der Waals surface area contributed by atoms with Gasteiger partial charge in [-0.2, -0.15) is 0 Å². The third kappa shape index (κ3) is 3.68. The zero-order valence-electron chi connectivity index (χ0n) is 11.3. The van der Waals surface area contributed by atoms with Gasteiger partial charge in [0, 0.05) is 6.54 Å². The summed E-state index contributed by atoms with van der Waals surface area (Å²) < 4.78 is 0. The molecular weight excluding hydrogens is 216 g/mol. The average molecular weight is 242 g/mol. The Morgan fingerprint density at radius 2 is 2.06 bits per heavy atom. The predicted octanol–water partition coefficient (Wildman–Crippen LogP) is 1.12. The average Bonchev–Trinajstić information content (AvgIpc) is 2.50. The van der Waals surface area contributed by atoms with Crippen LogP contribution in [0.15, 0.2) is 0 Å². The van der Waals surface area contributed by atoms with Gasteiger partial charge in [0.2, 0.25) is 5.91 Å². The summed E-state index contributed by atoms with van der Waals surface area (Å²) in [6.07, 6.45) is 4.11. The molecular formula is C13H26N2O2. The molecule has 0 aliphatic carbocycles. The number of aliphatic hydroxyl groups is 1. The van der Waals surface area contributed by atoms with E-state index in [9.17, 15) is 9.90 Å². The fourth-order valence-corrected chi connectivity index (χ4v) is 2.21. The molecule has 2 atom stereocenters. The lowest BCUT2D eigenvalue weighted by Crippen LogP contribution is -2.54. The summed E-state index contributed by atoms with van der Waals surface area (Å²) in [4.78, 5) is 14.2. The predicted molar refractivity (Wildman–Crippen MR) is 68.5 cm³/mol. The summed E-state index contributed by atoms with van der Waals surface area (Å²) in [5, 5.41) is 9.39. The maximum Gasteiger partial charge on any atom is 0.240 e. The van der Waals surface area contributed by atoms with Crippen molar-refractivity contribution in [2.45, 2.75) is 58.5 Å². The van der Waals surface area contributed by atoms with Gasteiger partial charge in [0.1, 0.15) is 0 Å². The minimum Gasteiger partial charge on any atom is -0.394 e. The molecule has 1 rings (SSSR count). The van der Waals surface area contributed by atoms with Gasteiger partial charge in [-0.25, -0.2) is 0 Å². The summed E-state index contributed by atoms with van der Waals surface area (Å²) in [5.74, 6) is -0.0153. The molecule has 0 radical (unpaired) electrons. The number of hydrogen-bond donors (Lipinski definition) is 2. The smallest absolute Gasteiger partial charge is 0.240 e. The molecule has 1 saturated heterocycles. The third-order valence-corrected chi connectivity index (χ3v) is 3.57. The number of likely N-dealkylation sites (tertiary alicyclic amines) is 1. The molecule has 0 spiro atoms. The Hall–Kier alpha value is -0.610. The maximum absolute atomic E-state index is 12.4. The highest BCUT2D eigenvalue weighted by atomic mass is 16.3. The van der Waals surface area contributed by atoms with Crippen molar-refractivity contribution in [2.75, 3.05) is 13.2 Å². The van der Waals surface area contributed by atoms with Crippen LogP contribution in [0.3, 0.4) is 0 Å². The molecule has 0 aromatic carbocycles. The lowest BCUT2D eigenvalue weighted by molar-refractivity contribution is -0.138. The first-order valence-electron chi connectivity index (χ1n) is 6.55. The Morgan fingerprint density at radius 3 is 2.59 bits per heavy atom. The molecule has 2 unspecified atom stereocenters. The van der Waals surface area contributed by atoms with Crippen molar-refractivity contribution < 1.29 is 9.90 Å². The van der Waals surface area contributed by atoms with Crippen molar-refractivity contribution in [3.05, 3.63) is 0 Å². The van der Waals surface area contributed by atoms with Crippen LogP contribution >= 0.6 is 0 Å². The number of rotatable bonds is 2. The van der Waals surface area contributed by atoms with Crippen LogP contribution in [-0.4, -0.2) is 41.1 Å². The first kappa shape index (κ1) is 14.5. The molecule has 1 fully saturated rings. The number of nitrogens with two attached hydrogens (primary N) is 1. The first-order valence-corrected chi connectivity index (χ1v) is 6.55. The summed E-state index contributed by atoms with van der Waals surface area (Å²) >= 11 is 0. The van der Waals surface area contributed by atoms with E-state index in [1.807, 2.05) is 20.8 Å². The van der Waals surface area contributed by atoms with E-state index < -0.39 is 6.04 Å². The Kier molecular flexibility index (Phi) is 4.95. The van der Waals surface area contributed by atoms with Crippen LogP contribution in [0.5, 0.6) is 0 Å². The van der Waals surface area contributed by atoms with Crippen LogP contribution in [0.2, 0.25) is 0 Å². The number of aliphatic hydroxyl groups excluding tert-OH is 1. The Labute approximate surface area is 104 Å². The van der Waals surface area contributed by atoms with Crippen LogP contribution in [0.4, 0.5) is 0 Å². The molecule has 3 N–H and O–H groups in total. The Bertz CT molecular complexity index is 261. The summed E-state index contributed by atoms with van der Waals surface area (Å²) in [6, 6.07) is -0.534. The molecule has 1 aliphatic rings. The lowest BCUT2D eigenvalue weighted by Gasteiger charge is -2.35. The second-order valence-corrected chi connectivity index (χ2v) is 6.06. The van der Waals surface area contributed by atoms with Gasteiger partial charge in [-0.1, -0.05) is 33.6 Å². The first-order chi connectivity index (χ1) is 7.88. The molecule has 1 amide bonds. The molecule has 0 aromatic heterocycles. The highest BCUT2D eigenvalue weighted by molar-refractivity contribution is 5.82. The SMILES string of the molecule is CC(C)(C)C(N)C(=O)N1CCCCCC1CO. The monoisotopic (exact) mass is 242 g/mol. The van der Waals surface area contributed by atoms with Crippen LogP contribution in [0.1, 0.15) is 46.5 Å². The van der Waals surface area contributed by atoms with Crippen molar-refractivity contribution in [2.24, 2.45) is 11.1 Å². The quantitative estimate of drug-likeness (QED) is 0.762. The minimum atomic E-state index is -0.491.